The Kier molecular flexibility index (Phi) is 4.50. The van der Waals surface area contributed by atoms with Crippen molar-refractivity contribution in [3.05, 3.63) is 41.6 Å². The van der Waals surface area contributed by atoms with Crippen molar-refractivity contribution < 1.29 is 14.3 Å². The number of aliphatic hydroxyl groups is 1. The highest BCUT2D eigenvalue weighted by Crippen LogP contribution is 2.32. The Labute approximate surface area is 146 Å². The fourth-order valence-electron chi connectivity index (χ4n) is 3.62. The number of ketones is 1. The smallest absolute Gasteiger partial charge is 0.225 e. The van der Waals surface area contributed by atoms with Crippen molar-refractivity contribution in [2.45, 2.75) is 18.8 Å². The van der Waals surface area contributed by atoms with Gasteiger partial charge in [-0.05, 0) is 12.1 Å². The van der Waals surface area contributed by atoms with Gasteiger partial charge < -0.3 is 14.4 Å². The first kappa shape index (κ1) is 16.2. The van der Waals surface area contributed by atoms with Crippen molar-refractivity contribution in [3.8, 4) is 0 Å². The van der Waals surface area contributed by atoms with Gasteiger partial charge >= 0.3 is 0 Å². The molecule has 1 fully saturated rings. The van der Waals surface area contributed by atoms with Crippen LogP contribution in [0.3, 0.4) is 0 Å². The fourth-order valence-corrected chi connectivity index (χ4v) is 3.62. The van der Waals surface area contributed by atoms with Crippen LogP contribution in [-0.4, -0.2) is 65.1 Å². The number of hydrogen-bond donors (Lipinski definition) is 1. The number of nitrogens with zero attached hydrogens (tertiary/aromatic N) is 4. The number of aromatic nitrogens is 2. The molecule has 0 amide bonds. The molecule has 0 bridgehead atoms. The molecule has 2 aromatic heterocycles. The van der Waals surface area contributed by atoms with E-state index in [4.69, 9.17) is 14.5 Å². The molecule has 0 saturated carbocycles. The number of piperazine rings is 1. The molecule has 0 aromatic carbocycles. The zero-order valence-corrected chi connectivity index (χ0v) is 14.1. The molecule has 2 aromatic rings. The van der Waals surface area contributed by atoms with Gasteiger partial charge in [0.05, 0.1) is 24.1 Å². The van der Waals surface area contributed by atoms with Crippen molar-refractivity contribution in [1.82, 2.24) is 14.9 Å². The zero-order valence-electron chi connectivity index (χ0n) is 14.1. The molecule has 25 heavy (non-hydrogen) atoms. The molecule has 4 rings (SSSR count). The first-order chi connectivity index (χ1) is 12.2. The maximum absolute atomic E-state index is 12.4. The number of β-amino-alcohol motifs (C(OH)–C–C–N with tert-alkyl or cyclic N) is 1. The van der Waals surface area contributed by atoms with E-state index in [1.165, 1.54) is 0 Å². The molecule has 3 heterocycles. The summed E-state index contributed by atoms with van der Waals surface area (Å²) in [6.07, 6.45) is 4.47. The van der Waals surface area contributed by atoms with Gasteiger partial charge in [-0.25, -0.2) is 9.97 Å². The highest BCUT2D eigenvalue weighted by atomic mass is 16.3. The first-order valence-electron chi connectivity index (χ1n) is 8.75. The minimum Gasteiger partial charge on any atom is -0.469 e. The molecule has 1 aliphatic carbocycles. The second kappa shape index (κ2) is 6.93. The number of fused-ring (bicyclic) bond motifs is 1. The molecule has 1 unspecified atom stereocenters. The van der Waals surface area contributed by atoms with Crippen LogP contribution in [0.25, 0.3) is 0 Å². The lowest BCUT2D eigenvalue weighted by Crippen LogP contribution is -2.47. The molecule has 0 radical (unpaired) electrons. The lowest BCUT2D eigenvalue weighted by atomic mass is 9.85. The summed E-state index contributed by atoms with van der Waals surface area (Å²) in [7, 11) is 0. The largest absolute Gasteiger partial charge is 0.469 e. The van der Waals surface area contributed by atoms with Crippen molar-refractivity contribution in [1.29, 1.82) is 0 Å². The monoisotopic (exact) mass is 342 g/mol. The molecule has 1 aliphatic heterocycles. The first-order valence-corrected chi connectivity index (χ1v) is 8.75. The van der Waals surface area contributed by atoms with Gasteiger partial charge in [-0.15, -0.1) is 0 Å². The lowest BCUT2D eigenvalue weighted by Gasteiger charge is -2.34. The van der Waals surface area contributed by atoms with Gasteiger partial charge in [-0.1, -0.05) is 0 Å². The van der Waals surface area contributed by atoms with E-state index in [2.05, 4.69) is 14.8 Å². The number of aliphatic hydroxyl groups excluding tert-OH is 1. The highest BCUT2D eigenvalue weighted by molar-refractivity contribution is 5.98. The average molecular weight is 342 g/mol. The Balaban J connectivity index is 1.52. The van der Waals surface area contributed by atoms with Gasteiger partial charge in [0.15, 0.2) is 5.78 Å². The van der Waals surface area contributed by atoms with Gasteiger partial charge in [0.25, 0.3) is 0 Å². The van der Waals surface area contributed by atoms with Crippen LogP contribution in [0.1, 0.15) is 34.2 Å². The number of rotatable bonds is 4. The summed E-state index contributed by atoms with van der Waals surface area (Å²) in [5.41, 5.74) is 1.46. The molecule has 7 heteroatoms. The number of hydrogen-bond acceptors (Lipinski definition) is 7. The molecule has 0 spiro atoms. The minimum absolute atomic E-state index is 0.0548. The quantitative estimate of drug-likeness (QED) is 0.891. The Morgan fingerprint density at radius 2 is 2.08 bits per heavy atom. The predicted molar refractivity (Wildman–Crippen MR) is 91.9 cm³/mol. The van der Waals surface area contributed by atoms with E-state index < -0.39 is 0 Å². The van der Waals surface area contributed by atoms with Crippen molar-refractivity contribution in [2.75, 3.05) is 44.2 Å². The normalized spacial score (nSPS) is 21.4. The van der Waals surface area contributed by atoms with Crippen LogP contribution < -0.4 is 4.90 Å². The second-order valence-electron chi connectivity index (χ2n) is 6.63. The standard InChI is InChI=1S/C18H22N4O3/c23-8-7-21-3-5-22(6-4-21)18-19-12-14-15(20-18)10-13(11-16(14)24)17-2-1-9-25-17/h1-2,9,12-13,23H,3-8,10-11H2. The molecule has 7 nitrogen and oxygen atoms in total. The average Bonchev–Trinajstić information content (AvgIpc) is 3.17. The van der Waals surface area contributed by atoms with E-state index in [-0.39, 0.29) is 18.3 Å². The minimum atomic E-state index is 0.0548. The van der Waals surface area contributed by atoms with E-state index in [9.17, 15) is 4.79 Å². The fraction of sp³-hybridized carbons (Fsp3) is 0.500. The molecule has 2 aliphatic rings. The lowest BCUT2D eigenvalue weighted by molar-refractivity contribution is 0.0958. The van der Waals surface area contributed by atoms with Crippen LogP contribution >= 0.6 is 0 Å². The van der Waals surface area contributed by atoms with E-state index in [0.717, 1.165) is 37.6 Å². The third-order valence-corrected chi connectivity index (χ3v) is 5.04. The SMILES string of the molecule is O=C1CC(c2ccco2)Cc2nc(N3CCN(CCO)CC3)ncc21. The number of Topliss-reactive ketones (excluding diaryl/α,β-unsaturated/α-hetero) is 1. The number of furan rings is 1. The van der Waals surface area contributed by atoms with Crippen LogP contribution in [0.5, 0.6) is 0 Å². The second-order valence-corrected chi connectivity index (χ2v) is 6.63. The van der Waals surface area contributed by atoms with E-state index in [1.807, 2.05) is 12.1 Å². The highest BCUT2D eigenvalue weighted by Gasteiger charge is 2.30. The molecular weight excluding hydrogens is 320 g/mol. The van der Waals surface area contributed by atoms with Crippen molar-refractivity contribution in [2.24, 2.45) is 0 Å². The molecule has 1 N–H and O–H groups in total. The Hall–Kier alpha value is -2.25. The molecular formula is C18H22N4O3. The molecule has 1 saturated heterocycles. The van der Waals surface area contributed by atoms with Crippen LogP contribution in [-0.2, 0) is 6.42 Å². The third-order valence-electron chi connectivity index (χ3n) is 5.04. The summed E-state index contributed by atoms with van der Waals surface area (Å²) in [6.45, 7) is 4.32. The van der Waals surface area contributed by atoms with Gasteiger partial charge in [0.1, 0.15) is 5.76 Å². The Morgan fingerprint density at radius 3 is 2.80 bits per heavy atom. The van der Waals surface area contributed by atoms with Gasteiger partial charge in [0, 0.05) is 57.7 Å². The van der Waals surface area contributed by atoms with Crippen molar-refractivity contribution in [3.63, 3.8) is 0 Å². The topological polar surface area (TPSA) is 82.7 Å². The summed E-state index contributed by atoms with van der Waals surface area (Å²) in [5, 5.41) is 9.04. The number of carbonyl (C=O) groups is 1. The summed E-state index contributed by atoms with van der Waals surface area (Å²) >= 11 is 0. The summed E-state index contributed by atoms with van der Waals surface area (Å²) < 4.78 is 5.49. The molecule has 1 atom stereocenters. The van der Waals surface area contributed by atoms with Crippen LogP contribution in [0.4, 0.5) is 5.95 Å². The zero-order chi connectivity index (χ0) is 17.2. The van der Waals surface area contributed by atoms with Gasteiger partial charge in [0.2, 0.25) is 5.95 Å². The summed E-state index contributed by atoms with van der Waals surface area (Å²) in [4.78, 5) is 25.9. The van der Waals surface area contributed by atoms with E-state index in [1.54, 1.807) is 12.5 Å². The number of anilines is 1. The maximum atomic E-state index is 12.4. The van der Waals surface area contributed by atoms with Crippen LogP contribution in [0.15, 0.2) is 29.0 Å². The van der Waals surface area contributed by atoms with E-state index in [0.29, 0.717) is 30.9 Å². The summed E-state index contributed by atoms with van der Waals surface area (Å²) in [5.74, 6) is 1.67. The Bertz CT molecular complexity index is 739. The predicted octanol–water partition coefficient (Wildman–Crippen LogP) is 1.10. The van der Waals surface area contributed by atoms with Crippen LogP contribution in [0, 0.1) is 0 Å². The Morgan fingerprint density at radius 1 is 1.24 bits per heavy atom. The van der Waals surface area contributed by atoms with Crippen LogP contribution in [0.2, 0.25) is 0 Å². The summed E-state index contributed by atoms with van der Waals surface area (Å²) in [6, 6.07) is 3.78. The van der Waals surface area contributed by atoms with E-state index >= 15 is 0 Å². The maximum Gasteiger partial charge on any atom is 0.225 e. The molecule has 132 valence electrons. The van der Waals surface area contributed by atoms with Gasteiger partial charge in [-0.2, -0.15) is 0 Å². The van der Waals surface area contributed by atoms with Crippen molar-refractivity contribution >= 4 is 11.7 Å². The number of carbonyl (C=O) groups excluding carboxylic acids is 1. The van der Waals surface area contributed by atoms with Gasteiger partial charge in [-0.3, -0.25) is 9.69 Å². The third kappa shape index (κ3) is 3.29.